The molecule has 1 aromatic rings. The monoisotopic (exact) mass is 219 g/mol. The van der Waals surface area contributed by atoms with Crippen molar-refractivity contribution in [2.75, 3.05) is 6.54 Å². The van der Waals surface area contributed by atoms with E-state index in [9.17, 15) is 4.79 Å². The van der Waals surface area contributed by atoms with Gasteiger partial charge in [0, 0.05) is 12.8 Å². The van der Waals surface area contributed by atoms with Gasteiger partial charge in [-0.3, -0.25) is 4.79 Å². The average Bonchev–Trinajstić information content (AvgIpc) is 2.28. The van der Waals surface area contributed by atoms with Gasteiger partial charge >= 0.3 is 0 Å². The third-order valence-corrected chi connectivity index (χ3v) is 2.68. The molecule has 0 fully saturated rings. The van der Waals surface area contributed by atoms with Crippen molar-refractivity contribution >= 4 is 5.78 Å². The number of unbranched alkanes of at least 4 members (excludes halogenated alkanes) is 2. The molecule has 1 rings (SSSR count). The quantitative estimate of drug-likeness (QED) is 0.716. The summed E-state index contributed by atoms with van der Waals surface area (Å²) in [5.41, 5.74) is 7.75. The molecule has 0 aromatic heterocycles. The summed E-state index contributed by atoms with van der Waals surface area (Å²) >= 11 is 0. The van der Waals surface area contributed by atoms with Crippen LogP contribution in [0.2, 0.25) is 0 Å². The lowest BCUT2D eigenvalue weighted by molar-refractivity contribution is -0.118. The fourth-order valence-electron chi connectivity index (χ4n) is 1.67. The van der Waals surface area contributed by atoms with E-state index < -0.39 is 0 Å². The fourth-order valence-corrected chi connectivity index (χ4v) is 1.67. The van der Waals surface area contributed by atoms with E-state index in [0.29, 0.717) is 18.6 Å². The molecule has 0 amide bonds. The smallest absolute Gasteiger partial charge is 0.137 e. The normalized spacial score (nSPS) is 10.4. The van der Waals surface area contributed by atoms with Gasteiger partial charge in [-0.25, -0.2) is 0 Å². The predicted octanol–water partition coefficient (Wildman–Crippen LogP) is 2.63. The van der Waals surface area contributed by atoms with E-state index in [-0.39, 0.29) is 0 Å². The summed E-state index contributed by atoms with van der Waals surface area (Å²) in [7, 11) is 0. The van der Waals surface area contributed by atoms with Gasteiger partial charge < -0.3 is 5.73 Å². The number of Topliss-reactive ketones (excluding diaryl/α,β-unsaturated/α-hetero) is 1. The summed E-state index contributed by atoms with van der Waals surface area (Å²) in [5.74, 6) is 0.334. The molecule has 0 radical (unpaired) electrons. The van der Waals surface area contributed by atoms with Crippen LogP contribution in [0.5, 0.6) is 0 Å². The maximum atomic E-state index is 11.6. The molecule has 0 atom stereocenters. The Bertz CT molecular complexity index is 316. The van der Waals surface area contributed by atoms with E-state index in [0.717, 1.165) is 31.4 Å². The van der Waals surface area contributed by atoms with Gasteiger partial charge in [-0.2, -0.15) is 0 Å². The summed E-state index contributed by atoms with van der Waals surface area (Å²) in [6.45, 7) is 2.78. The van der Waals surface area contributed by atoms with E-state index in [2.05, 4.69) is 19.1 Å². The number of hydrogen-bond acceptors (Lipinski definition) is 2. The van der Waals surface area contributed by atoms with Gasteiger partial charge in [0.05, 0.1) is 0 Å². The van der Waals surface area contributed by atoms with Crippen LogP contribution in [0, 0.1) is 6.92 Å². The number of ketones is 1. The van der Waals surface area contributed by atoms with E-state index in [1.807, 2.05) is 12.1 Å². The van der Waals surface area contributed by atoms with Gasteiger partial charge in [-0.15, -0.1) is 0 Å². The highest BCUT2D eigenvalue weighted by Gasteiger charge is 2.03. The summed E-state index contributed by atoms with van der Waals surface area (Å²) in [5, 5.41) is 0. The average molecular weight is 219 g/mol. The minimum absolute atomic E-state index is 0.334. The minimum atomic E-state index is 0.334. The summed E-state index contributed by atoms with van der Waals surface area (Å²) in [6, 6.07) is 8.17. The minimum Gasteiger partial charge on any atom is -0.330 e. The lowest BCUT2D eigenvalue weighted by Gasteiger charge is -2.02. The molecule has 0 saturated carbocycles. The Balaban J connectivity index is 2.26. The van der Waals surface area contributed by atoms with Crippen molar-refractivity contribution in [3.63, 3.8) is 0 Å². The second kappa shape index (κ2) is 7.18. The molecule has 0 aliphatic carbocycles. The third-order valence-electron chi connectivity index (χ3n) is 2.68. The number of carbonyl (C=O) groups is 1. The molecule has 16 heavy (non-hydrogen) atoms. The van der Waals surface area contributed by atoms with Crippen molar-refractivity contribution < 1.29 is 4.79 Å². The topological polar surface area (TPSA) is 43.1 Å². The van der Waals surface area contributed by atoms with Crippen molar-refractivity contribution in [3.05, 3.63) is 35.4 Å². The lowest BCUT2D eigenvalue weighted by atomic mass is 10.0. The molecule has 2 heteroatoms. The van der Waals surface area contributed by atoms with Gasteiger partial charge in [-0.05, 0) is 31.9 Å². The molecule has 0 aliphatic rings. The number of nitrogens with two attached hydrogens (primary N) is 1. The van der Waals surface area contributed by atoms with E-state index in [4.69, 9.17) is 5.73 Å². The first kappa shape index (κ1) is 12.9. The van der Waals surface area contributed by atoms with Gasteiger partial charge in [0.1, 0.15) is 5.78 Å². The first-order chi connectivity index (χ1) is 7.72. The molecule has 0 aliphatic heterocycles. The van der Waals surface area contributed by atoms with Gasteiger partial charge in [0.25, 0.3) is 0 Å². The van der Waals surface area contributed by atoms with Crippen LogP contribution in [0.3, 0.4) is 0 Å². The Morgan fingerprint density at radius 1 is 1.12 bits per heavy atom. The molecule has 88 valence electrons. The summed E-state index contributed by atoms with van der Waals surface area (Å²) in [4.78, 5) is 11.6. The van der Waals surface area contributed by atoms with Crippen molar-refractivity contribution in [2.24, 2.45) is 5.73 Å². The SMILES string of the molecule is Cc1ccc(CC(=O)CCCCCN)cc1. The molecule has 2 N–H and O–H groups in total. The van der Waals surface area contributed by atoms with Crippen molar-refractivity contribution in [1.82, 2.24) is 0 Å². The molecular weight excluding hydrogens is 198 g/mol. The Kier molecular flexibility index (Phi) is 5.79. The Morgan fingerprint density at radius 2 is 1.81 bits per heavy atom. The predicted molar refractivity (Wildman–Crippen MR) is 67.4 cm³/mol. The Labute approximate surface area is 97.9 Å². The van der Waals surface area contributed by atoms with Gasteiger partial charge in [0.15, 0.2) is 0 Å². The molecule has 1 aromatic carbocycles. The second-order valence-electron chi connectivity index (χ2n) is 4.30. The second-order valence-corrected chi connectivity index (χ2v) is 4.30. The van der Waals surface area contributed by atoms with Crippen LogP contribution in [0.1, 0.15) is 36.8 Å². The van der Waals surface area contributed by atoms with Crippen molar-refractivity contribution in [1.29, 1.82) is 0 Å². The lowest BCUT2D eigenvalue weighted by Crippen LogP contribution is -2.03. The number of benzene rings is 1. The van der Waals surface area contributed by atoms with E-state index in [1.54, 1.807) is 0 Å². The van der Waals surface area contributed by atoms with Crippen LogP contribution in [0.25, 0.3) is 0 Å². The molecular formula is C14H21NO. The van der Waals surface area contributed by atoms with Crippen molar-refractivity contribution in [2.45, 2.75) is 39.0 Å². The van der Waals surface area contributed by atoms with Gasteiger partial charge in [0.2, 0.25) is 0 Å². The number of rotatable bonds is 7. The standard InChI is InChI=1S/C14H21NO/c1-12-6-8-13(9-7-12)11-14(16)5-3-2-4-10-15/h6-9H,2-5,10-11,15H2,1H3. The first-order valence-electron chi connectivity index (χ1n) is 5.99. The Hall–Kier alpha value is -1.15. The molecule has 0 spiro atoms. The number of carbonyl (C=O) groups excluding carboxylic acids is 1. The van der Waals surface area contributed by atoms with E-state index >= 15 is 0 Å². The highest BCUT2D eigenvalue weighted by molar-refractivity contribution is 5.80. The molecule has 0 heterocycles. The molecule has 0 bridgehead atoms. The highest BCUT2D eigenvalue weighted by Crippen LogP contribution is 2.07. The molecule has 0 unspecified atom stereocenters. The maximum absolute atomic E-state index is 11.6. The summed E-state index contributed by atoms with van der Waals surface area (Å²) in [6.07, 6.45) is 4.33. The fraction of sp³-hybridized carbons (Fsp3) is 0.500. The van der Waals surface area contributed by atoms with Crippen molar-refractivity contribution in [3.8, 4) is 0 Å². The molecule has 0 saturated heterocycles. The third kappa shape index (κ3) is 5.08. The zero-order valence-electron chi connectivity index (χ0n) is 10.0. The van der Waals surface area contributed by atoms with Crippen LogP contribution in [-0.4, -0.2) is 12.3 Å². The van der Waals surface area contributed by atoms with Crippen LogP contribution < -0.4 is 5.73 Å². The zero-order chi connectivity index (χ0) is 11.8. The highest BCUT2D eigenvalue weighted by atomic mass is 16.1. The van der Waals surface area contributed by atoms with Crippen LogP contribution in [-0.2, 0) is 11.2 Å². The molecule has 2 nitrogen and oxygen atoms in total. The first-order valence-corrected chi connectivity index (χ1v) is 5.99. The van der Waals surface area contributed by atoms with Gasteiger partial charge in [-0.1, -0.05) is 36.2 Å². The zero-order valence-corrected chi connectivity index (χ0v) is 10.0. The van der Waals surface area contributed by atoms with Crippen LogP contribution >= 0.6 is 0 Å². The maximum Gasteiger partial charge on any atom is 0.137 e. The van der Waals surface area contributed by atoms with Crippen LogP contribution in [0.15, 0.2) is 24.3 Å². The van der Waals surface area contributed by atoms with Crippen LogP contribution in [0.4, 0.5) is 0 Å². The number of aryl methyl sites for hydroxylation is 1. The Morgan fingerprint density at radius 3 is 2.44 bits per heavy atom. The van der Waals surface area contributed by atoms with E-state index in [1.165, 1.54) is 5.56 Å². The largest absolute Gasteiger partial charge is 0.330 e. The summed E-state index contributed by atoms with van der Waals surface area (Å²) < 4.78 is 0. The number of hydrogen-bond donors (Lipinski definition) is 1.